The summed E-state index contributed by atoms with van der Waals surface area (Å²) >= 11 is 0. The lowest BCUT2D eigenvalue weighted by Gasteiger charge is -2.02. The topological polar surface area (TPSA) is 56.7 Å². The molecule has 0 heterocycles. The van der Waals surface area contributed by atoms with Gasteiger partial charge in [-0.25, -0.2) is 0 Å². The van der Waals surface area contributed by atoms with Crippen LogP contribution in [0.5, 0.6) is 0 Å². The van der Waals surface area contributed by atoms with Crippen molar-refractivity contribution in [2.45, 2.75) is 19.9 Å². The molecule has 3 heteroatoms. The largest absolute Gasteiger partial charge is 0.348 e. The van der Waals surface area contributed by atoms with Gasteiger partial charge in [0, 0.05) is 6.92 Å². The van der Waals surface area contributed by atoms with Gasteiger partial charge in [0.2, 0.25) is 0 Å². The molecule has 0 aromatic rings. The van der Waals surface area contributed by atoms with E-state index in [1.165, 1.54) is 0 Å². The van der Waals surface area contributed by atoms with Crippen LogP contribution in [0.15, 0.2) is 0 Å². The molecule has 0 aliphatic rings. The molecule has 0 rings (SSSR count). The molecular weight excluding hydrogens is 116 g/mol. The summed E-state index contributed by atoms with van der Waals surface area (Å²) in [6.45, 7) is 5.17. The van der Waals surface area contributed by atoms with Crippen LogP contribution in [0.2, 0.25) is 0 Å². The molecule has 0 spiro atoms. The normalized spacial score (nSPS) is 13.2. The number of hydrogen-bond acceptors (Lipinski definition) is 2. The van der Waals surface area contributed by atoms with Crippen LogP contribution in [-0.4, -0.2) is 24.9 Å². The average molecular weight is 131 g/mol. The van der Waals surface area contributed by atoms with Gasteiger partial charge in [0.05, 0.1) is 6.54 Å². The summed E-state index contributed by atoms with van der Waals surface area (Å²) in [6, 6.07) is -0.0788. The highest BCUT2D eigenvalue weighted by atomic mass is 16.1. The lowest BCUT2D eigenvalue weighted by molar-refractivity contribution is -0.400. The summed E-state index contributed by atoms with van der Waals surface area (Å²) in [5, 5.41) is 3.05. The van der Waals surface area contributed by atoms with E-state index in [4.69, 9.17) is 0 Å². The predicted molar refractivity (Wildman–Crippen MR) is 35.9 cm³/mol. The molecule has 0 bridgehead atoms. The second-order valence-electron chi connectivity index (χ2n) is 2.12. The second-order valence-corrected chi connectivity index (χ2v) is 2.12. The van der Waals surface area contributed by atoms with Crippen molar-refractivity contribution in [2.75, 3.05) is 13.1 Å². The minimum Gasteiger partial charge on any atom is -0.348 e. The standard InChI is InChI=1S/C6H14N2O/c1-3-8-4-6(7)5(2)9/h6,8H,3-4,7H2,1-2H3/p+1. The molecule has 0 aliphatic carbocycles. The van der Waals surface area contributed by atoms with Crippen molar-refractivity contribution < 1.29 is 10.5 Å². The molecule has 1 unspecified atom stereocenters. The Labute approximate surface area is 55.6 Å². The maximum Gasteiger partial charge on any atom is 0.188 e. The fourth-order valence-electron chi connectivity index (χ4n) is 0.462. The Balaban J connectivity index is 3.27. The maximum absolute atomic E-state index is 10.5. The molecule has 0 saturated carbocycles. The van der Waals surface area contributed by atoms with E-state index in [1.807, 2.05) is 6.92 Å². The molecular formula is C6H15N2O+. The number of Topliss-reactive ketones (excluding diaryl/α,β-unsaturated/α-hetero) is 1. The molecule has 9 heavy (non-hydrogen) atoms. The van der Waals surface area contributed by atoms with Gasteiger partial charge in [-0.05, 0) is 6.54 Å². The SMILES string of the molecule is CCNCC([NH3+])C(C)=O. The first-order valence-electron chi connectivity index (χ1n) is 3.22. The molecule has 1 atom stereocenters. The Kier molecular flexibility index (Phi) is 4.26. The van der Waals surface area contributed by atoms with E-state index >= 15 is 0 Å². The minimum atomic E-state index is -0.0788. The first-order chi connectivity index (χ1) is 4.18. The fraction of sp³-hybridized carbons (Fsp3) is 0.833. The Morgan fingerprint density at radius 2 is 2.33 bits per heavy atom. The summed E-state index contributed by atoms with van der Waals surface area (Å²) in [7, 11) is 0. The first-order valence-corrected chi connectivity index (χ1v) is 3.22. The van der Waals surface area contributed by atoms with Crippen LogP contribution >= 0.6 is 0 Å². The van der Waals surface area contributed by atoms with E-state index in [1.54, 1.807) is 6.92 Å². The van der Waals surface area contributed by atoms with Crippen molar-refractivity contribution in [3.63, 3.8) is 0 Å². The minimum absolute atomic E-state index is 0.0788. The van der Waals surface area contributed by atoms with E-state index in [0.717, 1.165) is 6.54 Å². The Morgan fingerprint density at radius 3 is 2.67 bits per heavy atom. The smallest absolute Gasteiger partial charge is 0.188 e. The number of ketones is 1. The zero-order valence-electron chi connectivity index (χ0n) is 6.11. The van der Waals surface area contributed by atoms with Gasteiger partial charge in [0.15, 0.2) is 11.8 Å². The van der Waals surface area contributed by atoms with Gasteiger partial charge in [0.25, 0.3) is 0 Å². The van der Waals surface area contributed by atoms with E-state index in [9.17, 15) is 4.79 Å². The van der Waals surface area contributed by atoms with Gasteiger partial charge >= 0.3 is 0 Å². The van der Waals surface area contributed by atoms with Gasteiger partial charge in [-0.15, -0.1) is 0 Å². The number of quaternary nitrogens is 1. The highest BCUT2D eigenvalue weighted by Crippen LogP contribution is 1.73. The number of hydrogen-bond donors (Lipinski definition) is 2. The van der Waals surface area contributed by atoms with Crippen molar-refractivity contribution in [3.8, 4) is 0 Å². The van der Waals surface area contributed by atoms with Crippen molar-refractivity contribution in [3.05, 3.63) is 0 Å². The summed E-state index contributed by atoms with van der Waals surface area (Å²) < 4.78 is 0. The number of likely N-dealkylation sites (N-methyl/N-ethyl adjacent to an activating group) is 1. The maximum atomic E-state index is 10.5. The fourth-order valence-corrected chi connectivity index (χ4v) is 0.462. The van der Waals surface area contributed by atoms with E-state index < -0.39 is 0 Å². The van der Waals surface area contributed by atoms with Crippen LogP contribution in [0, 0.1) is 0 Å². The number of carbonyl (C=O) groups is 1. The highest BCUT2D eigenvalue weighted by molar-refractivity contribution is 5.79. The Bertz CT molecular complexity index is 93.1. The van der Waals surface area contributed by atoms with Gasteiger partial charge in [0.1, 0.15) is 0 Å². The Morgan fingerprint density at radius 1 is 1.78 bits per heavy atom. The van der Waals surface area contributed by atoms with Crippen LogP contribution in [0.4, 0.5) is 0 Å². The van der Waals surface area contributed by atoms with Crippen LogP contribution in [0.1, 0.15) is 13.8 Å². The summed E-state index contributed by atoms with van der Waals surface area (Å²) in [5.41, 5.74) is 3.66. The van der Waals surface area contributed by atoms with E-state index in [2.05, 4.69) is 11.1 Å². The third kappa shape index (κ3) is 4.12. The molecule has 0 saturated heterocycles. The van der Waals surface area contributed by atoms with Crippen molar-refractivity contribution in [1.82, 2.24) is 5.32 Å². The predicted octanol–water partition coefficient (Wildman–Crippen LogP) is -1.20. The van der Waals surface area contributed by atoms with E-state index in [-0.39, 0.29) is 11.8 Å². The molecule has 0 aliphatic heterocycles. The zero-order valence-corrected chi connectivity index (χ0v) is 6.11. The third-order valence-corrected chi connectivity index (χ3v) is 1.22. The molecule has 0 aromatic carbocycles. The van der Waals surface area contributed by atoms with Crippen molar-refractivity contribution in [2.24, 2.45) is 0 Å². The molecule has 54 valence electrons. The Hall–Kier alpha value is -0.410. The number of rotatable bonds is 4. The molecule has 4 N–H and O–H groups in total. The summed E-state index contributed by atoms with van der Waals surface area (Å²) in [6.07, 6.45) is 0. The summed E-state index contributed by atoms with van der Waals surface area (Å²) in [4.78, 5) is 10.5. The monoisotopic (exact) mass is 131 g/mol. The van der Waals surface area contributed by atoms with Gasteiger partial charge in [-0.2, -0.15) is 0 Å². The quantitative estimate of drug-likeness (QED) is 0.503. The van der Waals surface area contributed by atoms with Gasteiger partial charge < -0.3 is 11.1 Å². The van der Waals surface area contributed by atoms with Gasteiger partial charge in [-0.3, -0.25) is 4.79 Å². The molecule has 3 nitrogen and oxygen atoms in total. The second kappa shape index (κ2) is 4.47. The zero-order chi connectivity index (χ0) is 7.28. The third-order valence-electron chi connectivity index (χ3n) is 1.22. The lowest BCUT2D eigenvalue weighted by atomic mass is 10.2. The molecule has 0 amide bonds. The highest BCUT2D eigenvalue weighted by Gasteiger charge is 2.09. The average Bonchev–Trinajstić information content (AvgIpc) is 1.82. The van der Waals surface area contributed by atoms with Crippen LogP contribution in [0.3, 0.4) is 0 Å². The van der Waals surface area contributed by atoms with Crippen molar-refractivity contribution >= 4 is 5.78 Å². The van der Waals surface area contributed by atoms with E-state index in [0.29, 0.717) is 6.54 Å². The summed E-state index contributed by atoms with van der Waals surface area (Å²) in [5.74, 6) is 0.149. The molecule has 0 aromatic heterocycles. The first kappa shape index (κ1) is 8.59. The van der Waals surface area contributed by atoms with Crippen LogP contribution < -0.4 is 11.1 Å². The lowest BCUT2D eigenvalue weighted by Crippen LogP contribution is -2.68. The van der Waals surface area contributed by atoms with Crippen LogP contribution in [-0.2, 0) is 4.79 Å². The van der Waals surface area contributed by atoms with Crippen LogP contribution in [0.25, 0.3) is 0 Å². The van der Waals surface area contributed by atoms with Crippen molar-refractivity contribution in [1.29, 1.82) is 0 Å². The molecule has 0 fully saturated rings. The number of nitrogens with one attached hydrogen (secondary N) is 1. The number of carbonyl (C=O) groups excluding carboxylic acids is 1. The molecule has 0 radical (unpaired) electrons. The van der Waals surface area contributed by atoms with Gasteiger partial charge in [-0.1, -0.05) is 6.92 Å².